The summed E-state index contributed by atoms with van der Waals surface area (Å²) in [6, 6.07) is 13.4. The molecule has 0 unspecified atom stereocenters. The van der Waals surface area contributed by atoms with Gasteiger partial charge in [0.1, 0.15) is 5.82 Å². The van der Waals surface area contributed by atoms with Gasteiger partial charge >= 0.3 is 5.97 Å². The van der Waals surface area contributed by atoms with Gasteiger partial charge in [-0.05, 0) is 43.3 Å². The highest BCUT2D eigenvalue weighted by Crippen LogP contribution is 2.13. The van der Waals surface area contributed by atoms with Gasteiger partial charge in [0.2, 0.25) is 11.7 Å². The van der Waals surface area contributed by atoms with Crippen LogP contribution in [0.5, 0.6) is 0 Å². The summed E-state index contributed by atoms with van der Waals surface area (Å²) >= 11 is 0. The molecule has 0 aliphatic rings. The zero-order valence-corrected chi connectivity index (χ0v) is 17.5. The van der Waals surface area contributed by atoms with Gasteiger partial charge in [-0.1, -0.05) is 12.1 Å². The predicted octanol–water partition coefficient (Wildman–Crippen LogP) is 2.64. The second-order valence-electron chi connectivity index (χ2n) is 7.16. The minimum Gasteiger partial charge on any atom is -0.454 e. The van der Waals surface area contributed by atoms with E-state index >= 15 is 0 Å². The van der Waals surface area contributed by atoms with E-state index in [4.69, 9.17) is 4.74 Å². The molecule has 0 saturated heterocycles. The van der Waals surface area contributed by atoms with Gasteiger partial charge in [-0.3, -0.25) is 23.7 Å². The summed E-state index contributed by atoms with van der Waals surface area (Å²) in [4.78, 5) is 52.7. The van der Waals surface area contributed by atoms with Crippen LogP contribution in [0.3, 0.4) is 0 Å². The molecule has 31 heavy (non-hydrogen) atoms. The molecule has 2 aromatic carbocycles. The lowest BCUT2D eigenvalue weighted by atomic mass is 10.1. The van der Waals surface area contributed by atoms with Gasteiger partial charge in [-0.15, -0.1) is 0 Å². The number of carbonyl (C=O) groups is 3. The van der Waals surface area contributed by atoms with Crippen LogP contribution in [0.4, 0.5) is 5.69 Å². The van der Waals surface area contributed by atoms with Gasteiger partial charge in [0.15, 0.2) is 6.10 Å². The number of ether oxygens (including phenoxy) is 1. The number of aryl methyl sites for hydroxylation is 1. The zero-order valence-electron chi connectivity index (χ0n) is 17.5. The smallest absolute Gasteiger partial charge is 0.306 e. The first-order valence-corrected chi connectivity index (χ1v) is 9.82. The number of benzene rings is 2. The minimum atomic E-state index is -0.965. The molecule has 1 amide bonds. The van der Waals surface area contributed by atoms with E-state index in [1.165, 1.54) is 18.4 Å². The van der Waals surface area contributed by atoms with Crippen LogP contribution in [0.1, 0.15) is 36.5 Å². The van der Waals surface area contributed by atoms with Crippen LogP contribution in [0.15, 0.2) is 53.3 Å². The van der Waals surface area contributed by atoms with Crippen molar-refractivity contribution >= 4 is 34.3 Å². The summed E-state index contributed by atoms with van der Waals surface area (Å²) in [5, 5.41) is 3.13. The molecule has 0 aliphatic carbocycles. The Morgan fingerprint density at radius 1 is 1.10 bits per heavy atom. The summed E-state index contributed by atoms with van der Waals surface area (Å²) in [6.07, 6.45) is -0.771. The largest absolute Gasteiger partial charge is 0.454 e. The maximum atomic E-state index is 12.5. The quantitative estimate of drug-likeness (QED) is 0.464. The van der Waals surface area contributed by atoms with E-state index < -0.39 is 12.1 Å². The molecule has 1 atom stereocenters. The van der Waals surface area contributed by atoms with E-state index in [2.05, 4.69) is 10.3 Å². The van der Waals surface area contributed by atoms with Crippen molar-refractivity contribution in [1.29, 1.82) is 0 Å². The Morgan fingerprint density at radius 3 is 2.45 bits per heavy atom. The first-order chi connectivity index (χ1) is 14.8. The molecule has 3 aromatic rings. The number of carbonyl (C=O) groups excluding carboxylic acids is 3. The highest BCUT2D eigenvalue weighted by molar-refractivity contribution is 6.00. The summed E-state index contributed by atoms with van der Waals surface area (Å²) in [7, 11) is 1.61. The molecular formula is C23H23N3O5. The molecular weight excluding hydrogens is 398 g/mol. The van der Waals surface area contributed by atoms with Crippen LogP contribution in [0.25, 0.3) is 10.9 Å². The summed E-state index contributed by atoms with van der Waals surface area (Å²) in [5.74, 6) is -0.648. The van der Waals surface area contributed by atoms with E-state index in [-0.39, 0.29) is 30.1 Å². The third kappa shape index (κ3) is 5.22. The lowest BCUT2D eigenvalue weighted by Crippen LogP contribution is -2.26. The third-order valence-electron chi connectivity index (χ3n) is 4.80. The van der Waals surface area contributed by atoms with Crippen molar-refractivity contribution in [2.24, 2.45) is 7.05 Å². The minimum absolute atomic E-state index is 0.0162. The Kier molecular flexibility index (Phi) is 6.59. The van der Waals surface area contributed by atoms with Gasteiger partial charge < -0.3 is 10.1 Å². The number of ketones is 1. The maximum Gasteiger partial charge on any atom is 0.306 e. The van der Waals surface area contributed by atoms with Crippen molar-refractivity contribution in [3.05, 3.63) is 70.3 Å². The second kappa shape index (κ2) is 9.34. The first kappa shape index (κ1) is 21.9. The molecule has 0 bridgehead atoms. The normalized spacial score (nSPS) is 11.7. The highest BCUT2D eigenvalue weighted by Gasteiger charge is 2.20. The predicted molar refractivity (Wildman–Crippen MR) is 116 cm³/mol. The number of Topliss-reactive ketones (excluding diaryl/α,β-unsaturated/α-hetero) is 1. The highest BCUT2D eigenvalue weighted by atomic mass is 16.5. The van der Waals surface area contributed by atoms with Crippen molar-refractivity contribution in [1.82, 2.24) is 9.55 Å². The van der Waals surface area contributed by atoms with Gasteiger partial charge in [-0.2, -0.15) is 0 Å². The number of hydrogen-bond donors (Lipinski definition) is 1. The van der Waals surface area contributed by atoms with Gasteiger partial charge in [0.05, 0.1) is 17.3 Å². The van der Waals surface area contributed by atoms with E-state index in [0.29, 0.717) is 28.0 Å². The van der Waals surface area contributed by atoms with E-state index in [9.17, 15) is 19.2 Å². The van der Waals surface area contributed by atoms with Crippen molar-refractivity contribution in [3.63, 3.8) is 0 Å². The zero-order chi connectivity index (χ0) is 22.5. The Morgan fingerprint density at radius 2 is 1.77 bits per heavy atom. The Hall–Kier alpha value is -3.81. The number of aromatic nitrogens is 2. The summed E-state index contributed by atoms with van der Waals surface area (Å²) in [5.41, 5.74) is 1.33. The molecule has 3 rings (SSSR count). The first-order valence-electron chi connectivity index (χ1n) is 9.82. The maximum absolute atomic E-state index is 12.5. The average Bonchev–Trinajstić information content (AvgIpc) is 2.75. The molecule has 0 spiro atoms. The molecule has 0 radical (unpaired) electrons. The van der Waals surface area contributed by atoms with Gasteiger partial charge in [0, 0.05) is 31.6 Å². The second-order valence-corrected chi connectivity index (χ2v) is 7.16. The Balaban J connectivity index is 1.61. The fourth-order valence-corrected chi connectivity index (χ4v) is 3.17. The number of rotatable bonds is 7. The fourth-order valence-electron chi connectivity index (χ4n) is 3.17. The summed E-state index contributed by atoms with van der Waals surface area (Å²) < 4.78 is 6.68. The third-order valence-corrected chi connectivity index (χ3v) is 4.80. The molecule has 0 aliphatic heterocycles. The molecule has 1 N–H and O–H groups in total. The number of anilines is 1. The van der Waals surface area contributed by atoms with Crippen molar-refractivity contribution < 1.29 is 19.1 Å². The Labute approximate surface area is 178 Å². The van der Waals surface area contributed by atoms with Crippen LogP contribution in [-0.2, 0) is 27.8 Å². The van der Waals surface area contributed by atoms with Gasteiger partial charge in [-0.25, -0.2) is 4.98 Å². The van der Waals surface area contributed by atoms with Gasteiger partial charge in [0.25, 0.3) is 5.56 Å². The molecule has 1 heterocycles. The van der Waals surface area contributed by atoms with Crippen LogP contribution in [0.2, 0.25) is 0 Å². The fraction of sp³-hybridized carbons (Fsp3) is 0.261. The number of esters is 1. The lowest BCUT2D eigenvalue weighted by Gasteiger charge is -2.13. The van der Waals surface area contributed by atoms with E-state index in [1.54, 1.807) is 55.6 Å². The number of nitrogens with zero attached hydrogens (tertiary/aromatic N) is 2. The number of para-hydroxylation sites is 1. The standard InChI is InChI=1S/C23H23N3O5/c1-14(22(29)16-8-10-17(11-9-16)24-15(2)27)31-21(28)13-12-20-25-19-7-5-4-6-18(19)23(30)26(20)3/h4-11,14H,12-13H2,1-3H3,(H,24,27)/t14-/m0/s1. The van der Waals surface area contributed by atoms with Crippen molar-refractivity contribution in [2.45, 2.75) is 32.8 Å². The monoisotopic (exact) mass is 421 g/mol. The number of hydrogen-bond acceptors (Lipinski definition) is 6. The number of amides is 1. The average molecular weight is 421 g/mol. The topological polar surface area (TPSA) is 107 Å². The van der Waals surface area contributed by atoms with Crippen LogP contribution in [0, 0.1) is 0 Å². The van der Waals surface area contributed by atoms with Crippen LogP contribution in [-0.4, -0.2) is 33.3 Å². The van der Waals surface area contributed by atoms with E-state index in [1.807, 2.05) is 0 Å². The van der Waals surface area contributed by atoms with E-state index in [0.717, 1.165) is 0 Å². The molecule has 0 fully saturated rings. The Bertz CT molecular complexity index is 1200. The van der Waals surface area contributed by atoms with Crippen LogP contribution >= 0.6 is 0 Å². The molecule has 8 heteroatoms. The summed E-state index contributed by atoms with van der Waals surface area (Å²) in [6.45, 7) is 2.90. The molecule has 160 valence electrons. The number of nitrogens with one attached hydrogen (secondary N) is 1. The molecule has 1 aromatic heterocycles. The van der Waals surface area contributed by atoms with Crippen molar-refractivity contribution in [3.8, 4) is 0 Å². The number of fused-ring (bicyclic) bond motifs is 1. The molecule has 8 nitrogen and oxygen atoms in total. The van der Waals surface area contributed by atoms with Crippen molar-refractivity contribution in [2.75, 3.05) is 5.32 Å². The SMILES string of the molecule is CC(=O)Nc1ccc(C(=O)[C@H](C)OC(=O)CCc2nc3ccccc3c(=O)n2C)cc1. The lowest BCUT2D eigenvalue weighted by molar-refractivity contribution is -0.146. The molecule has 0 saturated carbocycles. The van der Waals surface area contributed by atoms with Crippen LogP contribution < -0.4 is 10.9 Å².